The van der Waals surface area contributed by atoms with Gasteiger partial charge in [0.1, 0.15) is 0 Å². The number of nitrogens with zero attached hydrogens (tertiary/aromatic N) is 1. The molecule has 1 fully saturated rings. The maximum Gasteiger partial charge on any atom is 0.180 e. The van der Waals surface area contributed by atoms with Gasteiger partial charge in [-0.2, -0.15) is 0 Å². The van der Waals surface area contributed by atoms with Crippen molar-refractivity contribution >= 4 is 23.5 Å². The molecule has 0 amide bonds. The predicted octanol–water partition coefficient (Wildman–Crippen LogP) is 4.20. The molecule has 0 aromatic heterocycles. The number of carbonyl (C=O) groups is 1. The van der Waals surface area contributed by atoms with Crippen molar-refractivity contribution in [3.63, 3.8) is 0 Å². The van der Waals surface area contributed by atoms with E-state index in [1.165, 1.54) is 0 Å². The summed E-state index contributed by atoms with van der Waals surface area (Å²) in [4.78, 5) is 14.4. The second-order valence-electron chi connectivity index (χ2n) is 6.14. The summed E-state index contributed by atoms with van der Waals surface area (Å²) in [7, 11) is 0. The number of Topliss-reactive ketones (excluding diaryl/α,β-unsaturated/α-hetero) is 1. The molecular formula is C19H26ClNO3. The maximum absolute atomic E-state index is 12.2. The average molecular weight is 352 g/mol. The van der Waals surface area contributed by atoms with Crippen molar-refractivity contribution < 1.29 is 14.3 Å². The third-order valence-electron chi connectivity index (χ3n) is 3.88. The van der Waals surface area contributed by atoms with Crippen LogP contribution in [-0.2, 0) is 4.79 Å². The molecule has 1 aliphatic rings. The second-order valence-corrected chi connectivity index (χ2v) is 6.55. The molecule has 0 bridgehead atoms. The van der Waals surface area contributed by atoms with E-state index in [-0.39, 0.29) is 11.9 Å². The summed E-state index contributed by atoms with van der Waals surface area (Å²) >= 11 is 6.39. The number of rotatable bonds is 6. The minimum atomic E-state index is 0.00365. The van der Waals surface area contributed by atoms with Gasteiger partial charge in [-0.15, -0.1) is 0 Å². The molecule has 0 unspecified atom stereocenters. The minimum Gasteiger partial charge on any atom is -0.490 e. The molecule has 1 saturated heterocycles. The third kappa shape index (κ3) is 4.74. The Bertz CT molecular complexity index is 625. The minimum absolute atomic E-state index is 0.00365. The number of benzene rings is 1. The van der Waals surface area contributed by atoms with Crippen LogP contribution in [0.3, 0.4) is 0 Å². The van der Waals surface area contributed by atoms with Gasteiger partial charge in [0.2, 0.25) is 0 Å². The summed E-state index contributed by atoms with van der Waals surface area (Å²) < 4.78 is 11.5. The molecule has 1 aliphatic heterocycles. The Kier molecular flexibility index (Phi) is 6.69. The molecule has 1 aromatic carbocycles. The molecule has 4 nitrogen and oxygen atoms in total. The summed E-state index contributed by atoms with van der Waals surface area (Å²) in [6.45, 7) is 10.9. The van der Waals surface area contributed by atoms with E-state index in [9.17, 15) is 4.79 Å². The highest BCUT2D eigenvalue weighted by Crippen LogP contribution is 2.38. The van der Waals surface area contributed by atoms with Gasteiger partial charge in [-0.25, -0.2) is 0 Å². The first kappa shape index (κ1) is 18.8. The largest absolute Gasteiger partial charge is 0.490 e. The zero-order valence-electron chi connectivity index (χ0n) is 14.9. The Labute approximate surface area is 149 Å². The van der Waals surface area contributed by atoms with E-state index < -0.39 is 0 Å². The number of hydrogen-bond donors (Lipinski definition) is 0. The number of ketones is 1. The number of likely N-dealkylation sites (tertiary alicyclic amines) is 1. The molecule has 1 heterocycles. The molecular weight excluding hydrogens is 326 g/mol. The highest BCUT2D eigenvalue weighted by Gasteiger charge is 2.21. The summed E-state index contributed by atoms with van der Waals surface area (Å²) in [5.74, 6) is 1.37. The monoisotopic (exact) mass is 351 g/mol. The molecule has 0 spiro atoms. The van der Waals surface area contributed by atoms with Gasteiger partial charge >= 0.3 is 0 Å². The van der Waals surface area contributed by atoms with Gasteiger partial charge in [0.25, 0.3) is 0 Å². The summed E-state index contributed by atoms with van der Waals surface area (Å²) in [5, 5.41) is 0.497. The van der Waals surface area contributed by atoms with Gasteiger partial charge < -0.3 is 9.47 Å². The molecule has 0 atom stereocenters. The molecule has 0 radical (unpaired) electrons. The van der Waals surface area contributed by atoms with Crippen LogP contribution in [0.5, 0.6) is 11.5 Å². The quantitative estimate of drug-likeness (QED) is 0.720. The number of carbonyl (C=O) groups excluding carboxylic acids is 1. The lowest BCUT2D eigenvalue weighted by Crippen LogP contribution is -2.35. The Morgan fingerprint density at radius 3 is 2.71 bits per heavy atom. The normalized spacial score (nSPS) is 17.6. The van der Waals surface area contributed by atoms with Crippen LogP contribution >= 0.6 is 11.6 Å². The number of piperidine rings is 1. The smallest absolute Gasteiger partial charge is 0.180 e. The van der Waals surface area contributed by atoms with Crippen LogP contribution in [-0.4, -0.2) is 43.0 Å². The van der Waals surface area contributed by atoms with E-state index in [4.69, 9.17) is 21.1 Å². The Balaban J connectivity index is 2.36. The molecule has 0 aliphatic carbocycles. The molecule has 5 heteroatoms. The van der Waals surface area contributed by atoms with Gasteiger partial charge in [0.05, 0.1) is 17.7 Å². The first-order valence-electron chi connectivity index (χ1n) is 8.53. The number of hydrogen-bond acceptors (Lipinski definition) is 4. The van der Waals surface area contributed by atoms with Gasteiger partial charge in [0, 0.05) is 25.1 Å². The lowest BCUT2D eigenvalue weighted by Gasteiger charge is -2.26. The van der Waals surface area contributed by atoms with Crippen molar-refractivity contribution in [3.8, 4) is 11.5 Å². The van der Waals surface area contributed by atoms with Crippen LogP contribution in [0.1, 0.15) is 39.7 Å². The van der Waals surface area contributed by atoms with E-state index >= 15 is 0 Å². The molecule has 2 rings (SSSR count). The summed E-state index contributed by atoms with van der Waals surface area (Å²) in [6, 6.07) is 3.71. The first-order chi connectivity index (χ1) is 11.4. The standard InChI is InChI=1S/C19H26ClNO3/c1-5-21-8-7-17(22)15(12-21)9-14-10-16(20)19(24-13(3)4)18(11-14)23-6-2/h9-11,13H,5-8,12H2,1-4H3/b15-9+. The predicted molar refractivity (Wildman–Crippen MR) is 98.1 cm³/mol. The summed E-state index contributed by atoms with van der Waals surface area (Å²) in [5.41, 5.74) is 1.68. The second kappa shape index (κ2) is 8.54. The number of halogens is 1. The summed E-state index contributed by atoms with van der Waals surface area (Å²) in [6.07, 6.45) is 2.49. The third-order valence-corrected chi connectivity index (χ3v) is 4.16. The van der Waals surface area contributed by atoms with Crippen LogP contribution in [0.15, 0.2) is 17.7 Å². The molecule has 24 heavy (non-hydrogen) atoms. The average Bonchev–Trinajstić information content (AvgIpc) is 2.53. The lowest BCUT2D eigenvalue weighted by atomic mass is 10.00. The van der Waals surface area contributed by atoms with Crippen molar-refractivity contribution in [2.45, 2.75) is 40.2 Å². The van der Waals surface area contributed by atoms with E-state index in [1.807, 2.05) is 39.0 Å². The highest BCUT2D eigenvalue weighted by molar-refractivity contribution is 6.32. The molecule has 0 N–H and O–H groups in total. The first-order valence-corrected chi connectivity index (χ1v) is 8.91. The number of likely N-dealkylation sites (N-methyl/N-ethyl adjacent to an activating group) is 1. The molecule has 132 valence electrons. The van der Waals surface area contributed by atoms with Crippen LogP contribution in [0.2, 0.25) is 5.02 Å². The Hall–Kier alpha value is -1.52. The van der Waals surface area contributed by atoms with Gasteiger partial charge in [-0.1, -0.05) is 18.5 Å². The van der Waals surface area contributed by atoms with Crippen LogP contribution in [0, 0.1) is 0 Å². The van der Waals surface area contributed by atoms with Crippen molar-refractivity contribution in [2.24, 2.45) is 0 Å². The SMILES string of the molecule is CCOc1cc(/C=C2\CN(CC)CCC2=O)cc(Cl)c1OC(C)C. The van der Waals surface area contributed by atoms with Crippen molar-refractivity contribution in [3.05, 3.63) is 28.3 Å². The van der Waals surface area contributed by atoms with Crippen LogP contribution in [0.25, 0.3) is 6.08 Å². The molecule has 1 aromatic rings. The van der Waals surface area contributed by atoms with Crippen molar-refractivity contribution in [1.82, 2.24) is 4.90 Å². The highest BCUT2D eigenvalue weighted by atomic mass is 35.5. The van der Waals surface area contributed by atoms with E-state index in [0.29, 0.717) is 36.1 Å². The zero-order valence-corrected chi connectivity index (χ0v) is 15.7. The fourth-order valence-corrected chi connectivity index (χ4v) is 2.97. The van der Waals surface area contributed by atoms with Crippen LogP contribution in [0.4, 0.5) is 0 Å². The zero-order chi connectivity index (χ0) is 17.7. The Morgan fingerprint density at radius 2 is 2.08 bits per heavy atom. The van der Waals surface area contributed by atoms with Crippen molar-refractivity contribution in [2.75, 3.05) is 26.2 Å². The van der Waals surface area contributed by atoms with Gasteiger partial charge in [-0.3, -0.25) is 9.69 Å². The fourth-order valence-electron chi connectivity index (χ4n) is 2.71. The fraction of sp³-hybridized carbons (Fsp3) is 0.526. The van der Waals surface area contributed by atoms with Gasteiger partial charge in [0.15, 0.2) is 17.3 Å². The van der Waals surface area contributed by atoms with E-state index in [1.54, 1.807) is 0 Å². The Morgan fingerprint density at radius 1 is 1.33 bits per heavy atom. The van der Waals surface area contributed by atoms with E-state index in [0.717, 1.165) is 24.2 Å². The number of ether oxygens (including phenoxy) is 2. The molecule has 0 saturated carbocycles. The van der Waals surface area contributed by atoms with E-state index in [2.05, 4.69) is 11.8 Å². The lowest BCUT2D eigenvalue weighted by molar-refractivity contribution is -0.117. The van der Waals surface area contributed by atoms with Crippen molar-refractivity contribution in [1.29, 1.82) is 0 Å². The maximum atomic E-state index is 12.2. The van der Waals surface area contributed by atoms with Gasteiger partial charge in [-0.05, 0) is 51.1 Å². The topological polar surface area (TPSA) is 38.8 Å². The van der Waals surface area contributed by atoms with Crippen LogP contribution < -0.4 is 9.47 Å².